The first-order chi connectivity index (χ1) is 33.6. The molecular formula is C59H62Cl2N4O4. The maximum atomic E-state index is 13.4. The van der Waals surface area contributed by atoms with Crippen molar-refractivity contribution in [1.29, 1.82) is 0 Å². The van der Waals surface area contributed by atoms with E-state index in [9.17, 15) is 9.59 Å². The largest absolute Gasteiger partial charge is 0.415 e. The number of carbonyl (C=O) groups excluding carboxylic acids is 2. The van der Waals surface area contributed by atoms with Gasteiger partial charge in [0.1, 0.15) is 11.5 Å². The lowest BCUT2D eigenvalue weighted by molar-refractivity contribution is 0.148. The quantitative estimate of drug-likeness (QED) is 0.175. The van der Waals surface area contributed by atoms with Gasteiger partial charge in [0.15, 0.2) is 0 Å². The van der Waals surface area contributed by atoms with Gasteiger partial charge in [-0.15, -0.1) is 0 Å². The number of nitrogens with zero attached hydrogens (tertiary/aromatic N) is 4. The van der Waals surface area contributed by atoms with E-state index >= 15 is 0 Å². The van der Waals surface area contributed by atoms with Crippen molar-refractivity contribution in [2.75, 3.05) is 26.2 Å². The summed E-state index contributed by atoms with van der Waals surface area (Å²) in [6, 6.07) is 36.1. The van der Waals surface area contributed by atoms with Gasteiger partial charge in [-0.3, -0.25) is 9.97 Å². The Morgan fingerprint density at radius 1 is 0.493 bits per heavy atom. The van der Waals surface area contributed by atoms with Crippen LogP contribution < -0.4 is 9.47 Å². The first kappa shape index (κ1) is 49.2. The number of halogens is 2. The van der Waals surface area contributed by atoms with E-state index in [-0.39, 0.29) is 17.6 Å². The molecule has 2 saturated heterocycles. The van der Waals surface area contributed by atoms with Crippen LogP contribution in [0, 0.1) is 0 Å². The van der Waals surface area contributed by atoms with Crippen molar-refractivity contribution in [3.05, 3.63) is 199 Å². The standard InChI is InChI=1S/C55H50Cl2N4O4.2C2H6/c1-55(2,41-11-17-45(18-12-41)64-53(62)60-29-23-35(24-30-60)49-47-21-15-43(56)33-39(47)9-7-37-5-3-27-58-51(37)49)42-13-19-46(20-14-42)65-54(63)61-31-25-36(26-32-61)50-48-22-16-44(57)34-40(48)10-8-38-6-4-28-59-52(38)50;2*1-2/h3-6,11-22,27-28,33-34H,7-10,23-26,29-32H2,1-2H3;2*1-2H3. The van der Waals surface area contributed by atoms with E-state index in [1.165, 1.54) is 55.7 Å². The third-order valence-corrected chi connectivity index (χ3v) is 14.2. The number of carbonyl (C=O) groups is 2. The van der Waals surface area contributed by atoms with Crippen LogP contribution >= 0.6 is 23.2 Å². The molecule has 6 aromatic rings. The van der Waals surface area contributed by atoms with E-state index in [2.05, 4.69) is 50.2 Å². The number of rotatable bonds is 4. The minimum Gasteiger partial charge on any atom is -0.410 e. The molecule has 0 unspecified atom stereocenters. The summed E-state index contributed by atoms with van der Waals surface area (Å²) >= 11 is 12.9. The lowest BCUT2D eigenvalue weighted by Gasteiger charge is -2.30. The van der Waals surface area contributed by atoms with Crippen LogP contribution in [-0.4, -0.2) is 58.1 Å². The van der Waals surface area contributed by atoms with Gasteiger partial charge in [0.25, 0.3) is 0 Å². The average Bonchev–Trinajstić information content (AvgIpc) is 3.65. The summed E-state index contributed by atoms with van der Waals surface area (Å²) in [5.74, 6) is 1.00. The second kappa shape index (κ2) is 22.0. The number of aryl methyl sites for hydroxylation is 4. The first-order valence-corrected chi connectivity index (χ1v) is 25.4. The summed E-state index contributed by atoms with van der Waals surface area (Å²) in [7, 11) is 0. The van der Waals surface area contributed by atoms with E-state index in [1.54, 1.807) is 9.80 Å². The van der Waals surface area contributed by atoms with Crippen molar-refractivity contribution in [2.24, 2.45) is 0 Å². The molecule has 10 rings (SSSR count). The van der Waals surface area contributed by atoms with Crippen LogP contribution in [-0.2, 0) is 31.1 Å². The van der Waals surface area contributed by atoms with E-state index in [0.29, 0.717) is 37.7 Å². The smallest absolute Gasteiger partial charge is 0.410 e. The predicted octanol–water partition coefficient (Wildman–Crippen LogP) is 14.6. The molecule has 8 nitrogen and oxygen atoms in total. The van der Waals surface area contributed by atoms with Crippen molar-refractivity contribution in [2.45, 2.75) is 98.3 Å². The maximum Gasteiger partial charge on any atom is 0.415 e. The molecule has 10 heteroatoms. The highest BCUT2D eigenvalue weighted by Gasteiger charge is 2.30. The van der Waals surface area contributed by atoms with E-state index < -0.39 is 0 Å². The zero-order valence-electron chi connectivity index (χ0n) is 40.7. The van der Waals surface area contributed by atoms with Crippen molar-refractivity contribution in [3.8, 4) is 11.5 Å². The SMILES string of the molecule is CC.CC.CC(C)(c1ccc(OC(=O)N2CCC(=C3c4ccc(Cl)cc4CCc4cccnc43)CC2)cc1)c1ccc(OC(=O)N2CCC(=C3c4ccc(Cl)cc4CCc4cccnc43)CC2)cc1. The summed E-state index contributed by atoms with van der Waals surface area (Å²) in [6.45, 7) is 14.6. The Hall–Kier alpha value is -6.22. The van der Waals surface area contributed by atoms with Gasteiger partial charge in [-0.2, -0.15) is 0 Å². The third-order valence-electron chi connectivity index (χ3n) is 13.8. The van der Waals surface area contributed by atoms with Crippen LogP contribution in [0.3, 0.4) is 0 Å². The van der Waals surface area contributed by atoms with Gasteiger partial charge in [-0.1, -0.05) is 124 Å². The van der Waals surface area contributed by atoms with Crippen LogP contribution in [0.2, 0.25) is 10.0 Å². The fourth-order valence-electron chi connectivity index (χ4n) is 10.1. The van der Waals surface area contributed by atoms with Crippen LogP contribution in [0.15, 0.2) is 133 Å². The molecule has 2 aliphatic carbocycles. The first-order valence-electron chi connectivity index (χ1n) is 24.6. The summed E-state index contributed by atoms with van der Waals surface area (Å²) in [4.78, 5) is 40.2. The van der Waals surface area contributed by atoms with Crippen LogP contribution in [0.5, 0.6) is 11.5 Å². The van der Waals surface area contributed by atoms with Gasteiger partial charge in [0.2, 0.25) is 0 Å². The predicted molar refractivity (Wildman–Crippen MR) is 280 cm³/mol. The molecule has 0 N–H and O–H groups in total. The monoisotopic (exact) mass is 960 g/mol. The number of ether oxygens (including phenoxy) is 2. The molecule has 2 aliphatic heterocycles. The number of piperidine rings is 2. The summed E-state index contributed by atoms with van der Waals surface area (Å²) in [5.41, 5.74) is 16.1. The van der Waals surface area contributed by atoms with E-state index in [1.807, 2.05) is 113 Å². The number of hydrogen-bond donors (Lipinski definition) is 0. The lowest BCUT2D eigenvalue weighted by atomic mass is 9.78. The molecule has 0 radical (unpaired) electrons. The topological polar surface area (TPSA) is 84.9 Å². The summed E-state index contributed by atoms with van der Waals surface area (Å²) in [5, 5.41) is 1.48. The average molecular weight is 962 g/mol. The third kappa shape index (κ3) is 10.7. The van der Waals surface area contributed by atoms with Gasteiger partial charge < -0.3 is 19.3 Å². The van der Waals surface area contributed by atoms with Crippen molar-refractivity contribution in [3.63, 3.8) is 0 Å². The molecule has 2 aromatic heterocycles. The number of aromatic nitrogens is 2. The van der Waals surface area contributed by atoms with Crippen molar-refractivity contribution in [1.82, 2.24) is 19.8 Å². The Morgan fingerprint density at radius 2 is 0.855 bits per heavy atom. The Bertz CT molecular complexity index is 2670. The molecule has 0 spiro atoms. The van der Waals surface area contributed by atoms with Gasteiger partial charge in [0, 0.05) is 65.2 Å². The van der Waals surface area contributed by atoms with E-state index in [4.69, 9.17) is 42.6 Å². The zero-order valence-corrected chi connectivity index (χ0v) is 42.2. The summed E-state index contributed by atoms with van der Waals surface area (Å²) < 4.78 is 11.8. The van der Waals surface area contributed by atoms with Crippen LogP contribution in [0.1, 0.15) is 123 Å². The molecule has 0 atom stereocenters. The molecule has 2 amide bonds. The second-order valence-electron chi connectivity index (χ2n) is 18.0. The summed E-state index contributed by atoms with van der Waals surface area (Å²) in [6.07, 6.45) is 9.64. The fourth-order valence-corrected chi connectivity index (χ4v) is 10.5. The molecule has 4 aromatic carbocycles. The number of benzene rings is 4. The van der Waals surface area contributed by atoms with Crippen LogP contribution in [0.4, 0.5) is 9.59 Å². The number of fused-ring (bicyclic) bond motifs is 4. The maximum absolute atomic E-state index is 13.4. The number of amides is 2. The molecule has 69 heavy (non-hydrogen) atoms. The Labute approximate surface area is 418 Å². The minimum absolute atomic E-state index is 0.348. The number of pyridine rings is 2. The van der Waals surface area contributed by atoms with Gasteiger partial charge in [-0.05, 0) is 157 Å². The Morgan fingerprint density at radius 3 is 1.23 bits per heavy atom. The molecule has 0 bridgehead atoms. The normalized spacial score (nSPS) is 15.4. The fraction of sp³-hybridized carbons (Fsp3) is 0.322. The zero-order chi connectivity index (χ0) is 48.7. The highest BCUT2D eigenvalue weighted by atomic mass is 35.5. The molecule has 2 fully saturated rings. The van der Waals surface area contributed by atoms with Gasteiger partial charge in [-0.25, -0.2) is 9.59 Å². The molecule has 4 aliphatic rings. The second-order valence-corrected chi connectivity index (χ2v) is 18.8. The minimum atomic E-state index is -0.372. The van der Waals surface area contributed by atoms with Gasteiger partial charge in [0.05, 0.1) is 11.4 Å². The van der Waals surface area contributed by atoms with Crippen molar-refractivity contribution < 1.29 is 19.1 Å². The van der Waals surface area contributed by atoms with E-state index in [0.717, 1.165) is 83.9 Å². The highest BCUT2D eigenvalue weighted by Crippen LogP contribution is 2.41. The molecule has 4 heterocycles. The Kier molecular flexibility index (Phi) is 15.7. The van der Waals surface area contributed by atoms with Crippen LogP contribution in [0.25, 0.3) is 11.1 Å². The molecular weight excluding hydrogens is 900 g/mol. The lowest BCUT2D eigenvalue weighted by Crippen LogP contribution is -2.38. The molecule has 356 valence electrons. The molecule has 0 saturated carbocycles. The number of hydrogen-bond acceptors (Lipinski definition) is 6. The van der Waals surface area contributed by atoms with Gasteiger partial charge >= 0.3 is 12.2 Å². The Balaban J connectivity index is 0.00000156. The van der Waals surface area contributed by atoms with Crippen molar-refractivity contribution >= 4 is 46.5 Å². The number of likely N-dealkylation sites (tertiary alicyclic amines) is 2. The highest BCUT2D eigenvalue weighted by molar-refractivity contribution is 6.31.